The molecule has 7 heteroatoms. The molecule has 0 saturated heterocycles. The number of carboxylic acids is 1. The zero-order valence-electron chi connectivity index (χ0n) is 11.4. The molecule has 0 unspecified atom stereocenters. The van der Waals surface area contributed by atoms with Crippen molar-refractivity contribution in [3.05, 3.63) is 18.2 Å². The zero-order valence-corrected chi connectivity index (χ0v) is 11.4. The van der Waals surface area contributed by atoms with E-state index in [1.165, 1.54) is 0 Å². The first kappa shape index (κ1) is 15.0. The van der Waals surface area contributed by atoms with Crippen molar-refractivity contribution in [1.82, 2.24) is 20.2 Å². The van der Waals surface area contributed by atoms with Crippen molar-refractivity contribution in [3.8, 4) is 0 Å². The smallest absolute Gasteiger partial charge is 0.329 e. The lowest BCUT2D eigenvalue weighted by atomic mass is 9.93. The quantitative estimate of drug-likeness (QED) is 0.713. The summed E-state index contributed by atoms with van der Waals surface area (Å²) in [6.07, 6.45) is 4.06. The molecule has 0 fully saturated rings. The number of aliphatic carboxylic acids is 1. The van der Waals surface area contributed by atoms with E-state index >= 15 is 0 Å². The highest BCUT2D eigenvalue weighted by Crippen LogP contribution is 2.15. The van der Waals surface area contributed by atoms with E-state index in [4.69, 9.17) is 0 Å². The molecule has 0 bridgehead atoms. The van der Waals surface area contributed by atoms with Crippen molar-refractivity contribution in [2.45, 2.75) is 38.8 Å². The molecule has 3 N–H and O–H groups in total. The summed E-state index contributed by atoms with van der Waals surface area (Å²) in [4.78, 5) is 27.1. The van der Waals surface area contributed by atoms with Gasteiger partial charge in [-0.3, -0.25) is 0 Å². The summed E-state index contributed by atoms with van der Waals surface area (Å²) in [5, 5.41) is 14.3. The molecule has 19 heavy (non-hydrogen) atoms. The largest absolute Gasteiger partial charge is 0.480 e. The van der Waals surface area contributed by atoms with Crippen LogP contribution in [0.25, 0.3) is 0 Å². The Morgan fingerprint density at radius 3 is 2.47 bits per heavy atom. The first-order chi connectivity index (χ1) is 8.95. The Kier molecular flexibility index (Phi) is 4.91. The number of amides is 2. The maximum Gasteiger partial charge on any atom is 0.329 e. The first-order valence-electron chi connectivity index (χ1n) is 6.20. The summed E-state index contributed by atoms with van der Waals surface area (Å²) in [5.41, 5.74) is -1.22. The number of carbonyl (C=O) groups excluding carboxylic acids is 1. The highest BCUT2D eigenvalue weighted by Gasteiger charge is 2.36. The minimum atomic E-state index is -1.22. The normalized spacial score (nSPS) is 11.1. The van der Waals surface area contributed by atoms with Crippen LogP contribution in [0.5, 0.6) is 0 Å². The van der Waals surface area contributed by atoms with Crippen LogP contribution in [0.3, 0.4) is 0 Å². The van der Waals surface area contributed by atoms with Crippen molar-refractivity contribution >= 4 is 12.0 Å². The van der Waals surface area contributed by atoms with Crippen molar-refractivity contribution in [2.75, 3.05) is 0 Å². The lowest BCUT2D eigenvalue weighted by molar-refractivity contribution is -0.144. The van der Waals surface area contributed by atoms with Gasteiger partial charge in [0.1, 0.15) is 11.4 Å². The Bertz CT molecular complexity index is 452. The summed E-state index contributed by atoms with van der Waals surface area (Å²) < 4.78 is 1.78. The molecule has 0 saturated carbocycles. The van der Waals surface area contributed by atoms with Gasteiger partial charge < -0.3 is 20.3 Å². The third-order valence-electron chi connectivity index (χ3n) is 3.30. The fourth-order valence-corrected chi connectivity index (χ4v) is 1.77. The number of hydrogen-bond donors (Lipinski definition) is 3. The molecule has 0 atom stereocenters. The molecule has 2 amide bonds. The summed E-state index contributed by atoms with van der Waals surface area (Å²) in [6, 6.07) is -0.505. The van der Waals surface area contributed by atoms with E-state index in [0.717, 1.165) is 0 Å². The summed E-state index contributed by atoms with van der Waals surface area (Å²) in [6.45, 7) is 3.71. The van der Waals surface area contributed by atoms with Gasteiger partial charge in [-0.1, -0.05) is 13.8 Å². The number of carbonyl (C=O) groups is 2. The molecule has 0 spiro atoms. The molecular formula is C12H20N4O3. The number of nitrogens with one attached hydrogen (secondary N) is 2. The van der Waals surface area contributed by atoms with Crippen LogP contribution in [-0.4, -0.2) is 32.2 Å². The van der Waals surface area contributed by atoms with Gasteiger partial charge in [-0.2, -0.15) is 0 Å². The number of aromatic nitrogens is 2. The Morgan fingerprint density at radius 1 is 1.42 bits per heavy atom. The minimum Gasteiger partial charge on any atom is -0.480 e. The maximum absolute atomic E-state index is 11.8. The van der Waals surface area contributed by atoms with E-state index in [9.17, 15) is 14.7 Å². The van der Waals surface area contributed by atoms with E-state index in [1.807, 2.05) is 7.05 Å². The average Bonchev–Trinajstić information content (AvgIpc) is 2.79. The van der Waals surface area contributed by atoms with Gasteiger partial charge in [-0.25, -0.2) is 14.6 Å². The van der Waals surface area contributed by atoms with Crippen LogP contribution < -0.4 is 10.6 Å². The van der Waals surface area contributed by atoms with Gasteiger partial charge in [0.15, 0.2) is 0 Å². The maximum atomic E-state index is 11.8. The molecule has 1 heterocycles. The predicted octanol–water partition coefficient (Wildman–Crippen LogP) is 0.863. The van der Waals surface area contributed by atoms with Crippen LogP contribution in [0.4, 0.5) is 4.79 Å². The number of hydrogen-bond acceptors (Lipinski definition) is 3. The predicted molar refractivity (Wildman–Crippen MR) is 69.5 cm³/mol. The fraction of sp³-hybridized carbons (Fsp3) is 0.583. The highest BCUT2D eigenvalue weighted by atomic mass is 16.4. The third-order valence-corrected chi connectivity index (χ3v) is 3.30. The van der Waals surface area contributed by atoms with E-state index in [1.54, 1.807) is 30.8 Å². The average molecular weight is 268 g/mol. The highest BCUT2D eigenvalue weighted by molar-refractivity contribution is 5.86. The van der Waals surface area contributed by atoms with Gasteiger partial charge in [-0.05, 0) is 12.8 Å². The van der Waals surface area contributed by atoms with Crippen LogP contribution in [-0.2, 0) is 18.4 Å². The molecule has 1 rings (SSSR count). The number of aryl methyl sites for hydroxylation is 1. The van der Waals surface area contributed by atoms with Gasteiger partial charge in [0, 0.05) is 19.4 Å². The van der Waals surface area contributed by atoms with Crippen LogP contribution in [0.2, 0.25) is 0 Å². The first-order valence-corrected chi connectivity index (χ1v) is 6.20. The van der Waals surface area contributed by atoms with Gasteiger partial charge in [-0.15, -0.1) is 0 Å². The van der Waals surface area contributed by atoms with Gasteiger partial charge in [0.05, 0.1) is 6.54 Å². The fourth-order valence-electron chi connectivity index (χ4n) is 1.77. The molecule has 1 aromatic heterocycles. The van der Waals surface area contributed by atoms with Crippen LogP contribution in [0.1, 0.15) is 32.5 Å². The van der Waals surface area contributed by atoms with E-state index < -0.39 is 17.5 Å². The number of carboxylic acid groups (broad SMARTS) is 1. The summed E-state index contributed by atoms with van der Waals surface area (Å²) >= 11 is 0. The van der Waals surface area contributed by atoms with Crippen molar-refractivity contribution in [1.29, 1.82) is 0 Å². The molecule has 0 aliphatic rings. The molecule has 0 radical (unpaired) electrons. The third kappa shape index (κ3) is 3.46. The van der Waals surface area contributed by atoms with Crippen molar-refractivity contribution in [2.24, 2.45) is 7.05 Å². The van der Waals surface area contributed by atoms with E-state index in [2.05, 4.69) is 15.6 Å². The second kappa shape index (κ2) is 6.21. The van der Waals surface area contributed by atoms with Gasteiger partial charge in [0.25, 0.3) is 0 Å². The number of urea groups is 1. The topological polar surface area (TPSA) is 96.3 Å². The molecule has 7 nitrogen and oxygen atoms in total. The molecule has 1 aromatic rings. The standard InChI is InChI=1S/C12H20N4O3/c1-4-12(5-2,10(17)18)15-11(19)14-8-9-13-6-7-16(9)3/h6-7H,4-5,8H2,1-3H3,(H,17,18)(H2,14,15,19). The van der Waals surface area contributed by atoms with E-state index in [0.29, 0.717) is 18.7 Å². The monoisotopic (exact) mass is 268 g/mol. The minimum absolute atomic E-state index is 0.248. The summed E-state index contributed by atoms with van der Waals surface area (Å²) in [5.74, 6) is -0.325. The molecular weight excluding hydrogens is 248 g/mol. The number of rotatable bonds is 6. The Labute approximate surface area is 112 Å². The lowest BCUT2D eigenvalue weighted by Crippen LogP contribution is -2.56. The SMILES string of the molecule is CCC(CC)(NC(=O)NCc1nccn1C)C(=O)O. The van der Waals surface area contributed by atoms with Gasteiger partial charge in [0.2, 0.25) is 0 Å². The van der Waals surface area contributed by atoms with E-state index in [-0.39, 0.29) is 6.54 Å². The Balaban J connectivity index is 2.59. The molecule has 0 aliphatic carbocycles. The van der Waals surface area contributed by atoms with Crippen LogP contribution >= 0.6 is 0 Å². The number of imidazole rings is 1. The molecule has 0 aromatic carbocycles. The van der Waals surface area contributed by atoms with Gasteiger partial charge >= 0.3 is 12.0 Å². The summed E-state index contributed by atoms with van der Waals surface area (Å²) in [7, 11) is 1.82. The van der Waals surface area contributed by atoms with Crippen LogP contribution in [0, 0.1) is 0 Å². The lowest BCUT2D eigenvalue weighted by Gasteiger charge is -2.28. The Hall–Kier alpha value is -2.05. The van der Waals surface area contributed by atoms with Crippen molar-refractivity contribution < 1.29 is 14.7 Å². The second-order valence-corrected chi connectivity index (χ2v) is 4.36. The molecule has 0 aliphatic heterocycles. The second-order valence-electron chi connectivity index (χ2n) is 4.36. The van der Waals surface area contributed by atoms with Crippen molar-refractivity contribution in [3.63, 3.8) is 0 Å². The molecule has 106 valence electrons. The Morgan fingerprint density at radius 2 is 2.05 bits per heavy atom. The van der Waals surface area contributed by atoms with Crippen LogP contribution in [0.15, 0.2) is 12.4 Å². The zero-order chi connectivity index (χ0) is 14.5. The number of nitrogens with zero attached hydrogens (tertiary/aromatic N) is 2.